The minimum Gasteiger partial charge on any atom is -0.326 e. The number of aryl methyl sites for hydroxylation is 2. The fourth-order valence-electron chi connectivity index (χ4n) is 2.22. The molecule has 0 atom stereocenters. The van der Waals surface area contributed by atoms with E-state index < -0.39 is 0 Å². The van der Waals surface area contributed by atoms with Crippen molar-refractivity contribution in [2.45, 2.75) is 19.8 Å². The standard InChI is InChI=1S/C18H17N3OS/c1-13-4-2-3-5-16(13)21-17(22)7-6-15-12-23-18(20-15)14-8-10-19-11-9-14/h2-5,8-12H,6-7H2,1H3,(H,21,22). The van der Waals surface area contributed by atoms with Gasteiger partial charge in [0.1, 0.15) is 5.01 Å². The number of benzene rings is 1. The Balaban J connectivity index is 1.58. The van der Waals surface area contributed by atoms with Gasteiger partial charge >= 0.3 is 0 Å². The molecule has 0 radical (unpaired) electrons. The summed E-state index contributed by atoms with van der Waals surface area (Å²) < 4.78 is 0. The summed E-state index contributed by atoms with van der Waals surface area (Å²) in [6.07, 6.45) is 4.57. The van der Waals surface area contributed by atoms with Crippen molar-refractivity contribution in [3.8, 4) is 10.6 Å². The number of carbonyl (C=O) groups is 1. The molecular weight excluding hydrogens is 306 g/mol. The molecule has 0 aliphatic heterocycles. The molecule has 0 saturated heterocycles. The predicted molar refractivity (Wildman–Crippen MR) is 93.5 cm³/mol. The molecule has 0 saturated carbocycles. The molecule has 0 aliphatic carbocycles. The average Bonchev–Trinajstić information content (AvgIpc) is 3.05. The number of rotatable bonds is 5. The van der Waals surface area contributed by atoms with Crippen molar-refractivity contribution in [3.63, 3.8) is 0 Å². The van der Waals surface area contributed by atoms with Gasteiger partial charge in [0.25, 0.3) is 0 Å². The summed E-state index contributed by atoms with van der Waals surface area (Å²) in [5, 5.41) is 5.92. The Kier molecular flexibility index (Phi) is 4.78. The molecule has 116 valence electrons. The highest BCUT2D eigenvalue weighted by Gasteiger charge is 2.08. The van der Waals surface area contributed by atoms with E-state index in [1.54, 1.807) is 23.7 Å². The van der Waals surface area contributed by atoms with E-state index in [0.29, 0.717) is 12.8 Å². The lowest BCUT2D eigenvalue weighted by Gasteiger charge is -2.07. The quantitative estimate of drug-likeness (QED) is 0.769. The van der Waals surface area contributed by atoms with Gasteiger partial charge in [0, 0.05) is 35.4 Å². The Morgan fingerprint density at radius 3 is 2.74 bits per heavy atom. The number of hydrogen-bond acceptors (Lipinski definition) is 4. The van der Waals surface area contributed by atoms with Gasteiger partial charge in [0.15, 0.2) is 0 Å². The fourth-order valence-corrected chi connectivity index (χ4v) is 3.08. The van der Waals surface area contributed by atoms with Crippen LogP contribution in [-0.2, 0) is 11.2 Å². The van der Waals surface area contributed by atoms with Gasteiger partial charge in [-0.3, -0.25) is 9.78 Å². The van der Waals surface area contributed by atoms with Gasteiger partial charge in [0.05, 0.1) is 5.69 Å². The van der Waals surface area contributed by atoms with Crippen molar-refractivity contribution >= 4 is 22.9 Å². The molecular formula is C18H17N3OS. The van der Waals surface area contributed by atoms with Crippen molar-refractivity contribution in [2.24, 2.45) is 0 Å². The molecule has 0 spiro atoms. The first-order valence-corrected chi connectivity index (χ1v) is 8.30. The van der Waals surface area contributed by atoms with E-state index in [0.717, 1.165) is 27.5 Å². The van der Waals surface area contributed by atoms with Gasteiger partial charge in [-0.25, -0.2) is 4.98 Å². The van der Waals surface area contributed by atoms with Crippen LogP contribution in [0.15, 0.2) is 54.2 Å². The van der Waals surface area contributed by atoms with Crippen LogP contribution in [0.25, 0.3) is 10.6 Å². The second kappa shape index (κ2) is 7.15. The first-order chi connectivity index (χ1) is 11.2. The highest BCUT2D eigenvalue weighted by molar-refractivity contribution is 7.13. The summed E-state index contributed by atoms with van der Waals surface area (Å²) in [5.41, 5.74) is 3.94. The molecule has 23 heavy (non-hydrogen) atoms. The Morgan fingerprint density at radius 2 is 1.96 bits per heavy atom. The lowest BCUT2D eigenvalue weighted by Crippen LogP contribution is -2.13. The van der Waals surface area contributed by atoms with E-state index in [1.165, 1.54) is 0 Å². The van der Waals surface area contributed by atoms with Crippen LogP contribution in [0, 0.1) is 6.92 Å². The maximum atomic E-state index is 12.1. The molecule has 3 rings (SSSR count). The van der Waals surface area contributed by atoms with Crippen LogP contribution in [-0.4, -0.2) is 15.9 Å². The molecule has 1 aromatic carbocycles. The summed E-state index contributed by atoms with van der Waals surface area (Å²) in [5.74, 6) is 0.0118. The van der Waals surface area contributed by atoms with Crippen LogP contribution in [0.4, 0.5) is 5.69 Å². The predicted octanol–water partition coefficient (Wildman–Crippen LogP) is 4.08. The van der Waals surface area contributed by atoms with Gasteiger partial charge in [-0.15, -0.1) is 11.3 Å². The molecule has 1 amide bonds. The topological polar surface area (TPSA) is 54.9 Å². The number of hydrogen-bond donors (Lipinski definition) is 1. The molecule has 3 aromatic rings. The Hall–Kier alpha value is -2.53. The van der Waals surface area contributed by atoms with Gasteiger partial charge in [0.2, 0.25) is 5.91 Å². The average molecular weight is 323 g/mol. The van der Waals surface area contributed by atoms with E-state index >= 15 is 0 Å². The number of thiazole rings is 1. The highest BCUT2D eigenvalue weighted by Crippen LogP contribution is 2.23. The van der Waals surface area contributed by atoms with Gasteiger partial charge < -0.3 is 5.32 Å². The minimum atomic E-state index is 0.0118. The van der Waals surface area contributed by atoms with Gasteiger partial charge in [-0.2, -0.15) is 0 Å². The molecule has 0 bridgehead atoms. The largest absolute Gasteiger partial charge is 0.326 e. The maximum Gasteiger partial charge on any atom is 0.224 e. The molecule has 0 unspecified atom stereocenters. The molecule has 2 aromatic heterocycles. The summed E-state index contributed by atoms with van der Waals surface area (Å²) in [4.78, 5) is 20.7. The molecule has 0 fully saturated rings. The molecule has 2 heterocycles. The SMILES string of the molecule is Cc1ccccc1NC(=O)CCc1csc(-c2ccncc2)n1. The van der Waals surface area contributed by atoms with Crippen molar-refractivity contribution in [2.75, 3.05) is 5.32 Å². The van der Waals surface area contributed by atoms with Crippen LogP contribution in [0.3, 0.4) is 0 Å². The third-order valence-corrected chi connectivity index (χ3v) is 4.45. The van der Waals surface area contributed by atoms with Crippen LogP contribution in [0.2, 0.25) is 0 Å². The van der Waals surface area contributed by atoms with Crippen LogP contribution in [0.5, 0.6) is 0 Å². The zero-order valence-electron chi connectivity index (χ0n) is 12.8. The Morgan fingerprint density at radius 1 is 1.17 bits per heavy atom. The maximum absolute atomic E-state index is 12.1. The number of carbonyl (C=O) groups excluding carboxylic acids is 1. The number of aromatic nitrogens is 2. The van der Waals surface area contributed by atoms with Gasteiger partial charge in [-0.1, -0.05) is 18.2 Å². The van der Waals surface area contributed by atoms with E-state index in [4.69, 9.17) is 0 Å². The molecule has 4 nitrogen and oxygen atoms in total. The lowest BCUT2D eigenvalue weighted by atomic mass is 10.2. The second-order valence-corrected chi connectivity index (χ2v) is 6.10. The third-order valence-electron chi connectivity index (χ3n) is 3.51. The van der Waals surface area contributed by atoms with Crippen LogP contribution < -0.4 is 5.32 Å². The third kappa shape index (κ3) is 4.02. The number of pyridine rings is 1. The summed E-state index contributed by atoms with van der Waals surface area (Å²) >= 11 is 1.59. The number of para-hydroxylation sites is 1. The van der Waals surface area contributed by atoms with Crippen LogP contribution in [0.1, 0.15) is 17.7 Å². The summed E-state index contributed by atoms with van der Waals surface area (Å²) in [7, 11) is 0. The minimum absolute atomic E-state index is 0.0118. The van der Waals surface area contributed by atoms with Crippen LogP contribution >= 0.6 is 11.3 Å². The second-order valence-electron chi connectivity index (χ2n) is 5.24. The number of nitrogens with one attached hydrogen (secondary N) is 1. The first kappa shape index (κ1) is 15.4. The van der Waals surface area contributed by atoms with Crippen molar-refractivity contribution < 1.29 is 4.79 Å². The Bertz CT molecular complexity index is 799. The van der Waals surface area contributed by atoms with E-state index in [9.17, 15) is 4.79 Å². The lowest BCUT2D eigenvalue weighted by molar-refractivity contribution is -0.116. The normalized spacial score (nSPS) is 10.5. The van der Waals surface area contributed by atoms with E-state index in [-0.39, 0.29) is 5.91 Å². The zero-order chi connectivity index (χ0) is 16.1. The number of amides is 1. The fraction of sp³-hybridized carbons (Fsp3) is 0.167. The summed E-state index contributed by atoms with van der Waals surface area (Å²) in [6.45, 7) is 1.98. The van der Waals surface area contributed by atoms with E-state index in [1.807, 2.05) is 48.7 Å². The molecule has 1 N–H and O–H groups in total. The first-order valence-electron chi connectivity index (χ1n) is 7.42. The van der Waals surface area contributed by atoms with Crippen molar-refractivity contribution in [1.82, 2.24) is 9.97 Å². The monoisotopic (exact) mass is 323 g/mol. The number of anilines is 1. The van der Waals surface area contributed by atoms with Crippen molar-refractivity contribution in [3.05, 3.63) is 65.4 Å². The van der Waals surface area contributed by atoms with E-state index in [2.05, 4.69) is 15.3 Å². The molecule has 5 heteroatoms. The smallest absolute Gasteiger partial charge is 0.224 e. The highest BCUT2D eigenvalue weighted by atomic mass is 32.1. The van der Waals surface area contributed by atoms with Gasteiger partial charge in [-0.05, 0) is 37.1 Å². The molecule has 0 aliphatic rings. The Labute approximate surface area is 139 Å². The summed E-state index contributed by atoms with van der Waals surface area (Å²) in [6, 6.07) is 11.7. The zero-order valence-corrected chi connectivity index (χ0v) is 13.6. The van der Waals surface area contributed by atoms with Crippen molar-refractivity contribution in [1.29, 1.82) is 0 Å². The number of nitrogens with zero attached hydrogens (tertiary/aromatic N) is 2.